The second kappa shape index (κ2) is 10.1. The van der Waals surface area contributed by atoms with Crippen LogP contribution in [0.1, 0.15) is 39.2 Å². The lowest BCUT2D eigenvalue weighted by Gasteiger charge is -2.11. The summed E-state index contributed by atoms with van der Waals surface area (Å²) in [6, 6.07) is 6.62. The number of hydrogen-bond donors (Lipinski definition) is 0. The fraction of sp³-hybridized carbons (Fsp3) is 0.389. The van der Waals surface area contributed by atoms with Gasteiger partial charge in [-0.05, 0) is 44.0 Å². The van der Waals surface area contributed by atoms with E-state index in [2.05, 4.69) is 0 Å². The number of rotatable bonds is 8. The lowest BCUT2D eigenvalue weighted by atomic mass is 10.1. The summed E-state index contributed by atoms with van der Waals surface area (Å²) in [5.74, 6) is -0.346. The Hall–Kier alpha value is -2.81. The Morgan fingerprint density at radius 3 is 2.50 bits per heavy atom. The molecular weight excluding hydrogens is 310 g/mol. The van der Waals surface area contributed by atoms with Crippen LogP contribution in [-0.4, -0.2) is 25.2 Å². The first-order valence-corrected chi connectivity index (χ1v) is 7.82. The summed E-state index contributed by atoms with van der Waals surface area (Å²) in [5, 5.41) is 9.07. The highest BCUT2D eigenvalue weighted by molar-refractivity contribution is 5.98. The van der Waals surface area contributed by atoms with Gasteiger partial charge < -0.3 is 14.2 Å². The number of benzene rings is 1. The van der Waals surface area contributed by atoms with E-state index in [1.165, 1.54) is 6.08 Å². The fourth-order valence-corrected chi connectivity index (χ4v) is 1.86. The van der Waals surface area contributed by atoms with Gasteiger partial charge in [0.15, 0.2) is 11.5 Å². The van der Waals surface area contributed by atoms with E-state index in [9.17, 15) is 9.59 Å². The Balaban J connectivity index is 3.10. The molecule has 0 bridgehead atoms. The summed E-state index contributed by atoms with van der Waals surface area (Å²) in [4.78, 5) is 23.3. The van der Waals surface area contributed by atoms with Gasteiger partial charge >= 0.3 is 11.9 Å². The fourth-order valence-electron chi connectivity index (χ4n) is 1.86. The number of carbonyl (C=O) groups is 2. The average molecular weight is 331 g/mol. The molecule has 0 atom stereocenters. The van der Waals surface area contributed by atoms with Gasteiger partial charge in [0.25, 0.3) is 0 Å². The maximum Gasteiger partial charge on any atom is 0.348 e. The monoisotopic (exact) mass is 331 g/mol. The topological polar surface area (TPSA) is 85.6 Å². The first kappa shape index (κ1) is 19.2. The summed E-state index contributed by atoms with van der Waals surface area (Å²) in [5.41, 5.74) is 0.452. The zero-order valence-electron chi connectivity index (χ0n) is 14.1. The van der Waals surface area contributed by atoms with Crippen molar-refractivity contribution in [2.75, 3.05) is 13.2 Å². The molecule has 24 heavy (non-hydrogen) atoms. The summed E-state index contributed by atoms with van der Waals surface area (Å²) in [6.07, 6.45) is 2.40. The minimum Gasteiger partial charge on any atom is -0.490 e. The van der Waals surface area contributed by atoms with Gasteiger partial charge in [-0.15, -0.1) is 0 Å². The van der Waals surface area contributed by atoms with E-state index in [-0.39, 0.29) is 18.1 Å². The maximum absolute atomic E-state index is 11.7. The molecule has 0 saturated carbocycles. The highest BCUT2D eigenvalue weighted by atomic mass is 16.6. The molecule has 0 fully saturated rings. The van der Waals surface area contributed by atoms with E-state index < -0.39 is 5.97 Å². The third kappa shape index (κ3) is 5.76. The Morgan fingerprint density at radius 1 is 1.17 bits per heavy atom. The van der Waals surface area contributed by atoms with Crippen molar-refractivity contribution in [3.8, 4) is 17.6 Å². The molecule has 6 heteroatoms. The predicted molar refractivity (Wildman–Crippen MR) is 88.4 cm³/mol. The lowest BCUT2D eigenvalue weighted by Crippen LogP contribution is -2.08. The van der Waals surface area contributed by atoms with Crippen molar-refractivity contribution in [3.05, 3.63) is 29.3 Å². The van der Waals surface area contributed by atoms with Gasteiger partial charge in [-0.25, -0.2) is 4.79 Å². The normalized spacial score (nSPS) is 10.7. The summed E-state index contributed by atoms with van der Waals surface area (Å²) < 4.78 is 15.6. The van der Waals surface area contributed by atoms with Crippen LogP contribution in [0, 0.1) is 11.3 Å². The van der Waals surface area contributed by atoms with E-state index >= 15 is 0 Å². The standard InChI is InChI=1S/C18H21NO5/c1-4-7-17(20)24-15-9-8-13(11-16(15)22-5-2)10-14(12-19)18(21)23-6-3/h8-11H,4-7H2,1-3H3/b14-10-. The number of carbonyl (C=O) groups excluding carboxylic acids is 2. The number of esters is 2. The van der Waals surface area contributed by atoms with Crippen molar-refractivity contribution < 1.29 is 23.8 Å². The largest absolute Gasteiger partial charge is 0.490 e. The van der Waals surface area contributed by atoms with Crippen LogP contribution in [0.4, 0.5) is 0 Å². The molecule has 0 aliphatic heterocycles. The summed E-state index contributed by atoms with van der Waals surface area (Å²) in [7, 11) is 0. The molecule has 0 spiro atoms. The van der Waals surface area contributed by atoms with Crippen molar-refractivity contribution in [1.82, 2.24) is 0 Å². The minimum absolute atomic E-state index is 0.116. The smallest absolute Gasteiger partial charge is 0.348 e. The molecule has 1 rings (SSSR count). The zero-order chi connectivity index (χ0) is 17.9. The maximum atomic E-state index is 11.7. The molecule has 1 aromatic rings. The van der Waals surface area contributed by atoms with Crippen LogP contribution in [0.15, 0.2) is 23.8 Å². The third-order valence-electron chi connectivity index (χ3n) is 2.87. The van der Waals surface area contributed by atoms with Crippen LogP contribution in [0.25, 0.3) is 6.08 Å². The van der Waals surface area contributed by atoms with Gasteiger partial charge in [0.1, 0.15) is 11.6 Å². The van der Waals surface area contributed by atoms with Gasteiger partial charge in [-0.1, -0.05) is 13.0 Å². The number of hydrogen-bond acceptors (Lipinski definition) is 6. The second-order valence-corrected chi connectivity index (χ2v) is 4.75. The van der Waals surface area contributed by atoms with Crippen molar-refractivity contribution in [1.29, 1.82) is 5.26 Å². The van der Waals surface area contributed by atoms with E-state index in [1.807, 2.05) is 13.0 Å². The highest BCUT2D eigenvalue weighted by Crippen LogP contribution is 2.30. The number of nitrogens with zero attached hydrogens (tertiary/aromatic N) is 1. The molecule has 0 saturated heterocycles. The van der Waals surface area contributed by atoms with E-state index in [1.54, 1.807) is 32.0 Å². The third-order valence-corrected chi connectivity index (χ3v) is 2.87. The zero-order valence-corrected chi connectivity index (χ0v) is 14.1. The number of nitriles is 1. The molecule has 0 aliphatic rings. The molecule has 1 aromatic carbocycles. The molecular formula is C18H21NO5. The molecule has 6 nitrogen and oxygen atoms in total. The molecule has 0 heterocycles. The average Bonchev–Trinajstić information content (AvgIpc) is 2.55. The lowest BCUT2D eigenvalue weighted by molar-refractivity contribution is -0.138. The summed E-state index contributed by atoms with van der Waals surface area (Å²) in [6.45, 7) is 5.93. The van der Waals surface area contributed by atoms with Crippen molar-refractivity contribution in [2.24, 2.45) is 0 Å². The van der Waals surface area contributed by atoms with Crippen molar-refractivity contribution in [2.45, 2.75) is 33.6 Å². The van der Waals surface area contributed by atoms with E-state index in [0.29, 0.717) is 36.5 Å². The van der Waals surface area contributed by atoms with E-state index in [4.69, 9.17) is 19.5 Å². The second-order valence-electron chi connectivity index (χ2n) is 4.75. The Kier molecular flexibility index (Phi) is 8.06. The summed E-state index contributed by atoms with van der Waals surface area (Å²) >= 11 is 0. The quantitative estimate of drug-likeness (QED) is 0.314. The van der Waals surface area contributed by atoms with Crippen LogP contribution < -0.4 is 9.47 Å². The molecule has 0 unspecified atom stereocenters. The van der Waals surface area contributed by atoms with Crippen molar-refractivity contribution in [3.63, 3.8) is 0 Å². The van der Waals surface area contributed by atoms with E-state index in [0.717, 1.165) is 0 Å². The van der Waals surface area contributed by atoms with Crippen LogP contribution in [0.5, 0.6) is 11.5 Å². The van der Waals surface area contributed by atoms with Gasteiger partial charge in [-0.3, -0.25) is 4.79 Å². The molecule has 0 N–H and O–H groups in total. The van der Waals surface area contributed by atoms with Crippen LogP contribution in [-0.2, 0) is 14.3 Å². The van der Waals surface area contributed by atoms with Crippen molar-refractivity contribution >= 4 is 18.0 Å². The Bertz CT molecular complexity index is 658. The molecule has 0 aromatic heterocycles. The van der Waals surface area contributed by atoms with Crippen LogP contribution in [0.3, 0.4) is 0 Å². The first-order chi connectivity index (χ1) is 11.5. The van der Waals surface area contributed by atoms with Gasteiger partial charge in [0.05, 0.1) is 13.2 Å². The van der Waals surface area contributed by atoms with Gasteiger partial charge in [0.2, 0.25) is 0 Å². The molecule has 128 valence electrons. The molecule has 0 amide bonds. The molecule has 0 radical (unpaired) electrons. The van der Waals surface area contributed by atoms with Gasteiger partial charge in [-0.2, -0.15) is 5.26 Å². The Morgan fingerprint density at radius 2 is 1.92 bits per heavy atom. The predicted octanol–water partition coefficient (Wildman–Crippen LogP) is 3.26. The van der Waals surface area contributed by atoms with Crippen LogP contribution in [0.2, 0.25) is 0 Å². The van der Waals surface area contributed by atoms with Gasteiger partial charge in [0, 0.05) is 6.42 Å². The SMILES string of the molecule is CCCC(=O)Oc1ccc(/C=C(/C#N)C(=O)OCC)cc1OCC. The minimum atomic E-state index is -0.684. The Labute approximate surface area is 141 Å². The molecule has 0 aliphatic carbocycles. The first-order valence-electron chi connectivity index (χ1n) is 7.82. The van der Waals surface area contributed by atoms with Crippen LogP contribution >= 0.6 is 0 Å². The highest BCUT2D eigenvalue weighted by Gasteiger charge is 2.13. The number of ether oxygens (including phenoxy) is 3.